The van der Waals surface area contributed by atoms with Crippen molar-refractivity contribution in [3.63, 3.8) is 0 Å². The van der Waals surface area contributed by atoms with Gasteiger partial charge in [0.1, 0.15) is 10.1 Å². The van der Waals surface area contributed by atoms with Gasteiger partial charge in [-0.2, -0.15) is 0 Å². The Bertz CT molecular complexity index is 434. The van der Waals surface area contributed by atoms with E-state index in [2.05, 4.69) is 5.32 Å². The van der Waals surface area contributed by atoms with Gasteiger partial charge in [-0.05, 0) is 24.1 Å². The van der Waals surface area contributed by atoms with Gasteiger partial charge >= 0.3 is 0 Å². The number of nitrogens with one attached hydrogen (secondary N) is 1. The van der Waals surface area contributed by atoms with Crippen molar-refractivity contribution < 1.29 is 9.53 Å². The van der Waals surface area contributed by atoms with Crippen LogP contribution in [-0.2, 0) is 11.2 Å². The molecule has 3 nitrogen and oxygen atoms in total. The lowest BCUT2D eigenvalue weighted by Crippen LogP contribution is -2.25. The lowest BCUT2D eigenvalue weighted by Gasteiger charge is -2.07. The van der Waals surface area contributed by atoms with Crippen LogP contribution in [0, 0.1) is 0 Å². The fourth-order valence-corrected chi connectivity index (χ4v) is 2.85. The maximum absolute atomic E-state index is 11.5. The number of thiocarbonyl (C=S) groups is 1. The standard InChI is InChI=1S/C11H11NO2S2/c1-14-8-4-2-3-7(5-8)6-9-10(13)12-11(15)16-9/h2-5,9H,6H2,1H3,(H,12,13,15). The van der Waals surface area contributed by atoms with Gasteiger partial charge in [-0.15, -0.1) is 0 Å². The Balaban J connectivity index is 2.09. The number of carbonyl (C=O) groups excluding carboxylic acids is 1. The third-order valence-corrected chi connectivity index (χ3v) is 3.69. The Hall–Kier alpha value is -1.07. The lowest BCUT2D eigenvalue weighted by molar-refractivity contribution is -0.118. The van der Waals surface area contributed by atoms with Crippen LogP contribution >= 0.6 is 24.0 Å². The van der Waals surface area contributed by atoms with Crippen LogP contribution in [-0.4, -0.2) is 22.6 Å². The summed E-state index contributed by atoms with van der Waals surface area (Å²) in [5.41, 5.74) is 1.08. The summed E-state index contributed by atoms with van der Waals surface area (Å²) < 4.78 is 5.70. The zero-order chi connectivity index (χ0) is 11.5. The maximum Gasteiger partial charge on any atom is 0.239 e. The molecule has 1 amide bonds. The normalized spacial score (nSPS) is 19.7. The van der Waals surface area contributed by atoms with Crippen molar-refractivity contribution in [2.24, 2.45) is 0 Å². The van der Waals surface area contributed by atoms with Crippen LogP contribution in [0.25, 0.3) is 0 Å². The van der Waals surface area contributed by atoms with Crippen molar-refractivity contribution >= 4 is 34.2 Å². The summed E-state index contributed by atoms with van der Waals surface area (Å²) in [6, 6.07) is 7.73. The van der Waals surface area contributed by atoms with E-state index in [0.717, 1.165) is 11.3 Å². The largest absolute Gasteiger partial charge is 0.497 e. The minimum atomic E-state index is -0.111. The molecular weight excluding hydrogens is 242 g/mol. The molecule has 1 heterocycles. The van der Waals surface area contributed by atoms with Gasteiger partial charge in [0, 0.05) is 0 Å². The highest BCUT2D eigenvalue weighted by Crippen LogP contribution is 2.24. The molecule has 0 spiro atoms. The molecule has 1 fully saturated rings. The molecule has 1 aromatic rings. The molecule has 1 N–H and O–H groups in total. The third-order valence-electron chi connectivity index (χ3n) is 2.32. The first-order valence-electron chi connectivity index (χ1n) is 4.83. The molecule has 1 aromatic carbocycles. The van der Waals surface area contributed by atoms with E-state index in [1.165, 1.54) is 11.8 Å². The second-order valence-electron chi connectivity index (χ2n) is 3.44. The van der Waals surface area contributed by atoms with Gasteiger partial charge in [0.05, 0.1) is 12.4 Å². The molecule has 0 aromatic heterocycles. The average molecular weight is 253 g/mol. The van der Waals surface area contributed by atoms with E-state index < -0.39 is 0 Å². The molecule has 1 aliphatic heterocycles. The summed E-state index contributed by atoms with van der Waals surface area (Å²) in [4.78, 5) is 11.5. The topological polar surface area (TPSA) is 38.3 Å². The molecule has 1 atom stereocenters. The van der Waals surface area contributed by atoms with Gasteiger partial charge in [-0.1, -0.05) is 36.1 Å². The van der Waals surface area contributed by atoms with Gasteiger partial charge in [0.25, 0.3) is 0 Å². The molecule has 0 radical (unpaired) electrons. The van der Waals surface area contributed by atoms with E-state index in [1.807, 2.05) is 24.3 Å². The zero-order valence-electron chi connectivity index (χ0n) is 8.73. The Morgan fingerprint density at radius 1 is 1.56 bits per heavy atom. The minimum Gasteiger partial charge on any atom is -0.497 e. The number of ether oxygens (including phenoxy) is 1. The fourth-order valence-electron chi connectivity index (χ4n) is 1.54. The van der Waals surface area contributed by atoms with Crippen molar-refractivity contribution in [3.8, 4) is 5.75 Å². The monoisotopic (exact) mass is 253 g/mol. The van der Waals surface area contributed by atoms with E-state index in [0.29, 0.717) is 10.7 Å². The number of amides is 1. The first-order chi connectivity index (χ1) is 7.69. The van der Waals surface area contributed by atoms with Crippen molar-refractivity contribution in [3.05, 3.63) is 29.8 Å². The zero-order valence-corrected chi connectivity index (χ0v) is 10.4. The average Bonchev–Trinajstić information content (AvgIpc) is 2.58. The van der Waals surface area contributed by atoms with Crippen LogP contribution in [0.15, 0.2) is 24.3 Å². The van der Waals surface area contributed by atoms with Crippen LogP contribution in [0.2, 0.25) is 0 Å². The SMILES string of the molecule is COc1cccc(CC2SC(=S)NC2=O)c1. The van der Waals surface area contributed by atoms with Crippen molar-refractivity contribution in [2.75, 3.05) is 7.11 Å². The highest BCUT2D eigenvalue weighted by Gasteiger charge is 2.28. The summed E-state index contributed by atoms with van der Waals surface area (Å²) in [5, 5.41) is 2.53. The summed E-state index contributed by atoms with van der Waals surface area (Å²) in [6.45, 7) is 0. The van der Waals surface area contributed by atoms with Crippen LogP contribution in [0.4, 0.5) is 0 Å². The van der Waals surface area contributed by atoms with E-state index >= 15 is 0 Å². The Kier molecular flexibility index (Phi) is 3.46. The van der Waals surface area contributed by atoms with Crippen LogP contribution in [0.5, 0.6) is 5.75 Å². The Morgan fingerprint density at radius 2 is 2.38 bits per heavy atom. The molecule has 2 rings (SSSR count). The van der Waals surface area contributed by atoms with Crippen molar-refractivity contribution in [1.82, 2.24) is 5.32 Å². The summed E-state index contributed by atoms with van der Waals surface area (Å²) in [7, 11) is 1.63. The quantitative estimate of drug-likeness (QED) is 0.833. The third kappa shape index (κ3) is 2.54. The molecule has 1 saturated heterocycles. The van der Waals surface area contributed by atoms with Crippen LogP contribution in [0.3, 0.4) is 0 Å². The molecule has 1 aliphatic rings. The number of carbonyl (C=O) groups is 1. The molecule has 16 heavy (non-hydrogen) atoms. The Labute approximate surface area is 104 Å². The Morgan fingerprint density at radius 3 is 3.00 bits per heavy atom. The maximum atomic E-state index is 11.5. The molecule has 0 aliphatic carbocycles. The number of rotatable bonds is 3. The number of thioether (sulfide) groups is 1. The molecular formula is C11H11NO2S2. The fraction of sp³-hybridized carbons (Fsp3) is 0.273. The predicted molar refractivity (Wildman–Crippen MR) is 68.8 cm³/mol. The van der Waals surface area contributed by atoms with Crippen molar-refractivity contribution in [1.29, 1.82) is 0 Å². The summed E-state index contributed by atoms with van der Waals surface area (Å²) >= 11 is 6.36. The number of hydrogen-bond donors (Lipinski definition) is 1. The summed E-state index contributed by atoms with van der Waals surface area (Å²) in [6.07, 6.45) is 0.674. The van der Waals surface area contributed by atoms with E-state index in [-0.39, 0.29) is 11.2 Å². The van der Waals surface area contributed by atoms with Crippen molar-refractivity contribution in [2.45, 2.75) is 11.7 Å². The lowest BCUT2D eigenvalue weighted by atomic mass is 10.1. The van der Waals surface area contributed by atoms with E-state index in [1.54, 1.807) is 7.11 Å². The molecule has 0 bridgehead atoms. The molecule has 84 valence electrons. The molecule has 5 heteroatoms. The van der Waals surface area contributed by atoms with Gasteiger partial charge in [-0.25, -0.2) is 0 Å². The minimum absolute atomic E-state index is 0.00202. The highest BCUT2D eigenvalue weighted by molar-refractivity contribution is 8.24. The van der Waals surface area contributed by atoms with Gasteiger partial charge in [0.2, 0.25) is 5.91 Å². The van der Waals surface area contributed by atoms with Crippen LogP contribution < -0.4 is 10.1 Å². The number of methoxy groups -OCH3 is 1. The molecule has 1 unspecified atom stereocenters. The summed E-state index contributed by atoms with van der Waals surface area (Å²) in [5.74, 6) is 0.807. The second-order valence-corrected chi connectivity index (χ2v) is 5.32. The first-order valence-corrected chi connectivity index (χ1v) is 6.12. The van der Waals surface area contributed by atoms with Gasteiger partial charge in [0.15, 0.2) is 0 Å². The van der Waals surface area contributed by atoms with Gasteiger partial charge < -0.3 is 10.1 Å². The number of hydrogen-bond acceptors (Lipinski definition) is 4. The second kappa shape index (κ2) is 4.84. The highest BCUT2D eigenvalue weighted by atomic mass is 32.2. The van der Waals surface area contributed by atoms with E-state index in [9.17, 15) is 4.79 Å². The predicted octanol–water partition coefficient (Wildman–Crippen LogP) is 1.75. The smallest absolute Gasteiger partial charge is 0.239 e. The molecule has 0 saturated carbocycles. The van der Waals surface area contributed by atoms with Crippen LogP contribution in [0.1, 0.15) is 5.56 Å². The van der Waals surface area contributed by atoms with E-state index in [4.69, 9.17) is 17.0 Å². The number of benzene rings is 1. The first kappa shape index (κ1) is 11.4. The van der Waals surface area contributed by atoms with Gasteiger partial charge in [-0.3, -0.25) is 4.79 Å².